The van der Waals surface area contributed by atoms with Crippen molar-refractivity contribution < 1.29 is 18.3 Å². The molecule has 0 spiro atoms. The quantitative estimate of drug-likeness (QED) is 0.774. The first kappa shape index (κ1) is 15.0. The van der Waals surface area contributed by atoms with Crippen LogP contribution in [0.4, 0.5) is 0 Å². The van der Waals surface area contributed by atoms with Crippen molar-refractivity contribution in [3.8, 4) is 11.8 Å². The third-order valence-corrected chi connectivity index (χ3v) is 5.91. The average Bonchev–Trinajstić information content (AvgIpc) is 2.91. The lowest BCUT2D eigenvalue weighted by Crippen LogP contribution is -2.46. The number of amides is 1. The average molecular weight is 313 g/mol. The van der Waals surface area contributed by atoms with Gasteiger partial charge in [-0.25, -0.2) is 8.42 Å². The van der Waals surface area contributed by atoms with Gasteiger partial charge in [0.25, 0.3) is 5.91 Å². The van der Waals surface area contributed by atoms with Gasteiger partial charge in [0.1, 0.15) is 11.5 Å². The highest BCUT2D eigenvalue weighted by molar-refractivity contribution is 7.91. The molecule has 1 aromatic heterocycles. The van der Waals surface area contributed by atoms with Crippen molar-refractivity contribution in [2.45, 2.75) is 18.9 Å². The maximum absolute atomic E-state index is 12.2. The number of aliphatic hydroxyl groups excluding tert-OH is 1. The van der Waals surface area contributed by atoms with Gasteiger partial charge in [-0.1, -0.05) is 11.8 Å². The van der Waals surface area contributed by atoms with Crippen LogP contribution in [0.5, 0.6) is 0 Å². The van der Waals surface area contributed by atoms with Gasteiger partial charge >= 0.3 is 0 Å². The van der Waals surface area contributed by atoms with Crippen LogP contribution in [0.1, 0.15) is 28.6 Å². The largest absolute Gasteiger partial charge is 0.384 e. The van der Waals surface area contributed by atoms with E-state index in [0.29, 0.717) is 16.9 Å². The van der Waals surface area contributed by atoms with E-state index in [4.69, 9.17) is 5.11 Å². The van der Waals surface area contributed by atoms with E-state index in [1.165, 1.54) is 11.3 Å². The fourth-order valence-electron chi connectivity index (χ4n) is 2.16. The molecular formula is C13H15NO4S2. The summed E-state index contributed by atoms with van der Waals surface area (Å²) in [5.41, 5.74) is -0.173. The van der Waals surface area contributed by atoms with E-state index in [1.807, 2.05) is 0 Å². The number of nitrogens with one attached hydrogen (secondary N) is 1. The highest BCUT2D eigenvalue weighted by Gasteiger charge is 2.39. The Balaban J connectivity index is 2.15. The Morgan fingerprint density at radius 2 is 2.35 bits per heavy atom. The Morgan fingerprint density at radius 3 is 2.95 bits per heavy atom. The summed E-state index contributed by atoms with van der Waals surface area (Å²) in [4.78, 5) is 12.7. The van der Waals surface area contributed by atoms with Gasteiger partial charge in [-0.05, 0) is 24.8 Å². The molecule has 2 rings (SSSR count). The van der Waals surface area contributed by atoms with E-state index in [-0.39, 0.29) is 24.0 Å². The minimum Gasteiger partial charge on any atom is -0.384 e. The number of sulfone groups is 1. The molecule has 1 atom stereocenters. The highest BCUT2D eigenvalue weighted by Crippen LogP contribution is 2.24. The molecule has 20 heavy (non-hydrogen) atoms. The second kappa shape index (κ2) is 5.56. The van der Waals surface area contributed by atoms with Crippen molar-refractivity contribution >= 4 is 27.1 Å². The van der Waals surface area contributed by atoms with Crippen molar-refractivity contribution in [2.24, 2.45) is 0 Å². The lowest BCUT2D eigenvalue weighted by atomic mass is 10.0. The number of aliphatic hydroxyl groups is 1. The third-order valence-electron chi connectivity index (χ3n) is 3.09. The van der Waals surface area contributed by atoms with Crippen LogP contribution in [-0.2, 0) is 9.84 Å². The Kier molecular flexibility index (Phi) is 4.18. The van der Waals surface area contributed by atoms with Crippen LogP contribution >= 0.6 is 11.3 Å². The normalized spacial score (nSPS) is 23.9. The first-order valence-corrected chi connectivity index (χ1v) is 8.75. The molecule has 1 aliphatic rings. The third kappa shape index (κ3) is 3.39. The standard InChI is InChI=1S/C13H15NO4S2/c1-13(5-8-20(17,18)9-13)14-12(16)11-10(3-2-6-15)4-7-19-11/h4,7,15H,5-6,8-9H2,1H3,(H,14,16). The lowest BCUT2D eigenvalue weighted by molar-refractivity contribution is 0.0919. The van der Waals surface area contributed by atoms with Crippen LogP contribution in [0.15, 0.2) is 11.4 Å². The summed E-state index contributed by atoms with van der Waals surface area (Å²) in [5.74, 6) is 4.96. The maximum Gasteiger partial charge on any atom is 0.263 e. The first-order chi connectivity index (χ1) is 9.35. The predicted octanol–water partition coefficient (Wildman–Crippen LogP) is 0.399. The van der Waals surface area contributed by atoms with Gasteiger partial charge in [-0.15, -0.1) is 11.3 Å². The number of hydrogen-bond acceptors (Lipinski definition) is 5. The molecule has 5 nitrogen and oxygen atoms in total. The van der Waals surface area contributed by atoms with E-state index < -0.39 is 15.4 Å². The van der Waals surface area contributed by atoms with E-state index in [2.05, 4.69) is 17.2 Å². The smallest absolute Gasteiger partial charge is 0.263 e. The summed E-state index contributed by atoms with van der Waals surface area (Å²) in [7, 11) is -3.06. The van der Waals surface area contributed by atoms with E-state index in [9.17, 15) is 13.2 Å². The highest BCUT2D eigenvalue weighted by atomic mass is 32.2. The van der Waals surface area contributed by atoms with Gasteiger partial charge < -0.3 is 10.4 Å². The Labute approximate surface area is 121 Å². The summed E-state index contributed by atoms with van der Waals surface area (Å²) in [6.07, 6.45) is 0.421. The zero-order valence-corrected chi connectivity index (χ0v) is 12.6. The second-order valence-corrected chi connectivity index (χ2v) is 8.08. The molecule has 7 heteroatoms. The van der Waals surface area contributed by atoms with E-state index >= 15 is 0 Å². The molecule has 0 aromatic carbocycles. The van der Waals surface area contributed by atoms with Gasteiger partial charge in [-0.3, -0.25) is 4.79 Å². The fourth-order valence-corrected chi connectivity index (χ4v) is 5.00. The monoisotopic (exact) mass is 313 g/mol. The van der Waals surface area contributed by atoms with Crippen LogP contribution in [0.3, 0.4) is 0 Å². The summed E-state index contributed by atoms with van der Waals surface area (Å²) >= 11 is 1.24. The molecule has 1 aromatic rings. The Morgan fingerprint density at radius 1 is 1.60 bits per heavy atom. The number of rotatable bonds is 2. The molecule has 2 heterocycles. The van der Waals surface area contributed by atoms with Crippen molar-refractivity contribution in [2.75, 3.05) is 18.1 Å². The Hall–Kier alpha value is -1.36. The molecule has 0 saturated carbocycles. The van der Waals surface area contributed by atoms with Crippen molar-refractivity contribution in [1.82, 2.24) is 5.32 Å². The van der Waals surface area contributed by atoms with E-state index in [0.717, 1.165) is 0 Å². The van der Waals surface area contributed by atoms with E-state index in [1.54, 1.807) is 18.4 Å². The van der Waals surface area contributed by atoms with Crippen LogP contribution in [0, 0.1) is 11.8 Å². The van der Waals surface area contributed by atoms with Gasteiger partial charge in [0.05, 0.1) is 17.0 Å². The number of thiophene rings is 1. The molecule has 1 saturated heterocycles. The summed E-state index contributed by atoms with van der Waals surface area (Å²) in [5, 5.41) is 13.2. The Bertz CT molecular complexity index is 681. The molecule has 0 aliphatic carbocycles. The zero-order chi connectivity index (χ0) is 14.8. The van der Waals surface area contributed by atoms with Crippen LogP contribution < -0.4 is 5.32 Å². The topological polar surface area (TPSA) is 83.5 Å². The minimum absolute atomic E-state index is 0.0330. The second-order valence-electron chi connectivity index (χ2n) is 4.98. The molecule has 0 radical (unpaired) electrons. The number of hydrogen-bond donors (Lipinski definition) is 2. The van der Waals surface area contributed by atoms with Gasteiger partial charge in [0.2, 0.25) is 0 Å². The maximum atomic E-state index is 12.2. The number of carbonyl (C=O) groups excluding carboxylic acids is 1. The summed E-state index contributed by atoms with van der Waals surface area (Å²) in [6, 6.07) is 1.70. The van der Waals surface area contributed by atoms with Crippen molar-refractivity contribution in [1.29, 1.82) is 0 Å². The molecule has 1 aliphatic heterocycles. The molecule has 1 fully saturated rings. The van der Waals surface area contributed by atoms with Crippen LogP contribution in [0.2, 0.25) is 0 Å². The van der Waals surface area contributed by atoms with Crippen LogP contribution in [0.25, 0.3) is 0 Å². The molecule has 2 N–H and O–H groups in total. The van der Waals surface area contributed by atoms with Gasteiger partial charge in [0.15, 0.2) is 9.84 Å². The first-order valence-electron chi connectivity index (χ1n) is 6.05. The molecular weight excluding hydrogens is 298 g/mol. The summed E-state index contributed by atoms with van der Waals surface area (Å²) < 4.78 is 23.0. The van der Waals surface area contributed by atoms with Gasteiger partial charge in [0, 0.05) is 5.56 Å². The van der Waals surface area contributed by atoms with Crippen molar-refractivity contribution in [3.05, 3.63) is 21.9 Å². The predicted molar refractivity (Wildman–Crippen MR) is 77.4 cm³/mol. The molecule has 108 valence electrons. The molecule has 0 bridgehead atoms. The fraction of sp³-hybridized carbons (Fsp3) is 0.462. The number of carbonyl (C=O) groups is 1. The molecule has 1 amide bonds. The molecule has 1 unspecified atom stereocenters. The zero-order valence-electron chi connectivity index (χ0n) is 11.0. The minimum atomic E-state index is -3.06. The van der Waals surface area contributed by atoms with Gasteiger partial charge in [-0.2, -0.15) is 0 Å². The van der Waals surface area contributed by atoms with Crippen molar-refractivity contribution in [3.63, 3.8) is 0 Å². The SMILES string of the molecule is CC1(NC(=O)c2sccc2C#CCO)CCS(=O)(=O)C1. The lowest BCUT2D eigenvalue weighted by Gasteiger charge is -2.23. The summed E-state index contributed by atoms with van der Waals surface area (Å²) in [6.45, 7) is 1.47. The van der Waals surface area contributed by atoms with Crippen LogP contribution in [-0.4, -0.2) is 43.1 Å².